The van der Waals surface area contributed by atoms with Crippen LogP contribution in [0.25, 0.3) is 11.3 Å². The summed E-state index contributed by atoms with van der Waals surface area (Å²) < 4.78 is 30.8. The number of Topliss-reactive ketones (excluding diaryl/α,β-unsaturated/α-hetero) is 2. The minimum absolute atomic E-state index is 0. The molecule has 0 aliphatic carbocycles. The molecule has 426 valence electrons. The summed E-state index contributed by atoms with van der Waals surface area (Å²) in [7, 11) is 6.12. The van der Waals surface area contributed by atoms with E-state index in [0.29, 0.717) is 67.1 Å². The average Bonchev–Trinajstić information content (AvgIpc) is 3.62. The number of amides is 1. The number of carbonyl (C=O) groups excluding carboxylic acids is 3. The molecule has 1 amide bonds. The van der Waals surface area contributed by atoms with Crippen LogP contribution in [0.5, 0.6) is 0 Å². The molecule has 2 aromatic carbocycles. The molecule has 17 heteroatoms. The minimum Gasteiger partial charge on any atom is -0.870 e. The van der Waals surface area contributed by atoms with Crippen LogP contribution in [0.4, 0.5) is 20.2 Å². The molecule has 0 spiro atoms. The fourth-order valence-electron chi connectivity index (χ4n) is 10.3. The molecule has 1 fully saturated rings. The second-order valence-electron chi connectivity index (χ2n) is 21.0. The number of benzene rings is 2. The number of fused-ring (bicyclic) bond motifs is 1. The molecule has 1 aromatic heterocycles. The largest absolute Gasteiger partial charge is 1.00 e. The van der Waals surface area contributed by atoms with Gasteiger partial charge < -0.3 is 33.7 Å². The van der Waals surface area contributed by atoms with Crippen molar-refractivity contribution in [2.45, 2.75) is 132 Å². The average molecular weight is 1120 g/mol. The molecule has 5 heterocycles. The van der Waals surface area contributed by atoms with E-state index in [4.69, 9.17) is 5.73 Å². The molecule has 0 saturated carbocycles. The summed E-state index contributed by atoms with van der Waals surface area (Å²) in [5, 5.41) is 6.41. The van der Waals surface area contributed by atoms with Crippen molar-refractivity contribution in [2.75, 3.05) is 83.6 Å². The molecule has 3 aromatic rings. The van der Waals surface area contributed by atoms with Crippen molar-refractivity contribution < 1.29 is 80.0 Å². The van der Waals surface area contributed by atoms with E-state index in [1.54, 1.807) is 13.1 Å². The maximum Gasteiger partial charge on any atom is 1.00 e. The molecule has 1 saturated heterocycles. The Kier molecular flexibility index (Phi) is 30.8. The van der Waals surface area contributed by atoms with Gasteiger partial charge in [-0.15, -0.1) is 9.24 Å². The fraction of sp³-hybridized carbons (Fsp3) is 0.525. The molecule has 2 atom stereocenters. The molecule has 7 rings (SSSR count). The van der Waals surface area contributed by atoms with Gasteiger partial charge in [-0.05, 0) is 119 Å². The van der Waals surface area contributed by atoms with Crippen LogP contribution >= 0.6 is 9.24 Å². The Balaban J connectivity index is 0.000000467. The van der Waals surface area contributed by atoms with Crippen molar-refractivity contribution in [2.24, 2.45) is 11.7 Å². The van der Waals surface area contributed by atoms with Crippen LogP contribution in [0, 0.1) is 24.5 Å². The number of hydrogen-bond acceptors (Lipinski definition) is 11. The van der Waals surface area contributed by atoms with Crippen molar-refractivity contribution in [1.29, 1.82) is 0 Å². The van der Waals surface area contributed by atoms with Crippen molar-refractivity contribution in [3.63, 3.8) is 0 Å². The van der Waals surface area contributed by atoms with E-state index >= 15 is 0 Å². The second kappa shape index (κ2) is 34.1. The summed E-state index contributed by atoms with van der Waals surface area (Å²) in [4.78, 5) is 56.6. The number of anilines is 2. The Morgan fingerprint density at radius 2 is 1.67 bits per heavy atom. The van der Waals surface area contributed by atoms with Gasteiger partial charge in [-0.25, -0.2) is 8.78 Å². The zero-order valence-corrected chi connectivity index (χ0v) is 53.7. The molecule has 13 nitrogen and oxygen atoms in total. The molecule has 5 N–H and O–H groups in total. The number of rotatable bonds is 18. The number of nitrogens with zero attached hydrogens (tertiary/aromatic N) is 5. The normalized spacial score (nSPS) is 17.4. The molecular weight excluding hydrogens is 1030 g/mol. The second-order valence-corrected chi connectivity index (χ2v) is 21.6. The van der Waals surface area contributed by atoms with E-state index in [-0.39, 0.29) is 97.9 Å². The standard InChI is InChI=1S/C30H35F2N4O2P.C24H39N3O.C5H10NO.C2H6.K.H2O/c1-18(16-35-10-6-21(7-11-35)30-24(31)13-22(20(3)37)14-28(30)39)12-23-19(2)34(5)9-8-27(23)36-17-25(32)26(33-4)15-29(36)38;1-6-8-19(9-7-2)17-27-13-12-26(15-18(27)3)16-20-10-11-22-21(14-20)24(4,5)23(28)25-22;1-2-3-5(7)4-6;1-2;;/h6,8,12-15,17,33H,7,9-11,16,39H2,1-5H3;10-11,14,18-19H,6-9,12-13,15-17H2,1-5H3,(H,25,28);1-4,6H2;1-2H3;;1H2/q;;-1;;+1;/p-1/b18-12+;;;;;. The number of pyridine rings is 1. The molecular formula is C61H91F2KN8O5P-. The SMILES string of the molecule is CC.CCCC(CCC)CN1CCN(Cc2ccc3c(c2)C(C)(C)C(=O)N3)CC1C.CNc1cc(=O)n(C2=CCN(C)C(C)=C2/C=C(\C)CN2CC=C(c3c(F)cc(C(C)=O)cc3P)CC2)cc1F.[CH2-]CCC(=O)CN.[K+].[OH-]. The van der Waals surface area contributed by atoms with Gasteiger partial charge >= 0.3 is 51.4 Å². The molecule has 4 aliphatic heterocycles. The Bertz CT molecular complexity index is 2660. The molecule has 78 heavy (non-hydrogen) atoms. The maximum atomic E-state index is 14.9. The maximum absolute atomic E-state index is 14.9. The van der Waals surface area contributed by atoms with Gasteiger partial charge in [0.15, 0.2) is 11.6 Å². The summed E-state index contributed by atoms with van der Waals surface area (Å²) in [5.41, 5.74) is 13.3. The van der Waals surface area contributed by atoms with Crippen molar-refractivity contribution in [3.05, 3.63) is 129 Å². The third-order valence-electron chi connectivity index (χ3n) is 14.7. The number of carbonyl (C=O) groups is 3. The fourth-order valence-corrected chi connectivity index (χ4v) is 10.8. The van der Waals surface area contributed by atoms with Gasteiger partial charge in [0.2, 0.25) is 5.91 Å². The van der Waals surface area contributed by atoms with Crippen LogP contribution in [-0.4, -0.2) is 126 Å². The van der Waals surface area contributed by atoms with Gasteiger partial charge in [0, 0.05) is 113 Å². The summed E-state index contributed by atoms with van der Waals surface area (Å²) >= 11 is 0. The van der Waals surface area contributed by atoms with Crippen LogP contribution in [0.3, 0.4) is 0 Å². The quantitative estimate of drug-likeness (QED) is 0.0507. The first-order chi connectivity index (χ1) is 36.1. The number of allylic oxidation sites excluding steroid dienone is 4. The Morgan fingerprint density at radius 1 is 0.987 bits per heavy atom. The molecule has 4 aliphatic rings. The van der Waals surface area contributed by atoms with Gasteiger partial charge in [-0.3, -0.25) is 38.4 Å². The van der Waals surface area contributed by atoms with E-state index < -0.39 is 11.2 Å². The van der Waals surface area contributed by atoms with Gasteiger partial charge in [0.05, 0.1) is 29.5 Å². The number of likely N-dealkylation sites (N-methyl/N-ethyl adjacent to an activating group) is 1. The predicted molar refractivity (Wildman–Crippen MR) is 318 cm³/mol. The first-order valence-electron chi connectivity index (χ1n) is 27.5. The zero-order chi connectivity index (χ0) is 56.4. The smallest absolute Gasteiger partial charge is 0.870 e. The van der Waals surface area contributed by atoms with Crippen LogP contribution in [0.1, 0.15) is 141 Å². The number of nitrogens with two attached hydrogens (primary N) is 1. The number of ketones is 2. The Hall–Kier alpha value is -3.51. The zero-order valence-electron chi connectivity index (χ0n) is 49.4. The van der Waals surface area contributed by atoms with E-state index in [1.807, 2.05) is 60.7 Å². The van der Waals surface area contributed by atoms with Crippen molar-refractivity contribution in [1.82, 2.24) is 24.2 Å². The Morgan fingerprint density at radius 3 is 2.22 bits per heavy atom. The number of hydrogen-bond donors (Lipinski definition) is 3. The third-order valence-corrected chi connectivity index (χ3v) is 15.2. The van der Waals surface area contributed by atoms with Crippen LogP contribution < -0.4 is 78.6 Å². The number of halogens is 2. The van der Waals surface area contributed by atoms with Gasteiger partial charge in [-0.2, -0.15) is 6.42 Å². The summed E-state index contributed by atoms with van der Waals surface area (Å²) in [6, 6.07) is 11.4. The minimum atomic E-state index is -0.494. The van der Waals surface area contributed by atoms with E-state index in [9.17, 15) is 28.0 Å². The Labute approximate surface area is 510 Å². The third kappa shape index (κ3) is 19.3. The van der Waals surface area contributed by atoms with Crippen molar-refractivity contribution >= 4 is 54.7 Å². The van der Waals surface area contributed by atoms with Crippen LogP contribution in [0.15, 0.2) is 82.5 Å². The van der Waals surface area contributed by atoms with Gasteiger partial charge in [-0.1, -0.05) is 70.4 Å². The van der Waals surface area contributed by atoms with Crippen molar-refractivity contribution in [3.8, 4) is 0 Å². The summed E-state index contributed by atoms with van der Waals surface area (Å²) in [6.07, 6.45) is 14.5. The van der Waals surface area contributed by atoms with E-state index in [0.717, 1.165) is 65.8 Å². The van der Waals surface area contributed by atoms with E-state index in [1.165, 1.54) is 74.2 Å². The summed E-state index contributed by atoms with van der Waals surface area (Å²) in [6.45, 7) is 32.6. The van der Waals surface area contributed by atoms with Gasteiger partial charge in [0.1, 0.15) is 11.6 Å². The first kappa shape index (κ1) is 70.6. The first-order valence-corrected chi connectivity index (χ1v) is 28.1. The topological polar surface area (TPSA) is 166 Å². The summed E-state index contributed by atoms with van der Waals surface area (Å²) in [5.74, 6) is 0.0268. The number of nitrogens with one attached hydrogen (secondary N) is 2. The van der Waals surface area contributed by atoms with Crippen LogP contribution in [-0.2, 0) is 21.5 Å². The van der Waals surface area contributed by atoms with E-state index in [2.05, 4.69) is 91.4 Å². The molecule has 2 unspecified atom stereocenters. The van der Waals surface area contributed by atoms with Crippen LogP contribution in [0.2, 0.25) is 0 Å². The number of piperazine rings is 1. The predicted octanol–water partition coefficient (Wildman–Crippen LogP) is 7.29. The monoisotopic (exact) mass is 1120 g/mol. The van der Waals surface area contributed by atoms with Gasteiger partial charge in [0.25, 0.3) is 5.56 Å². The molecule has 0 bridgehead atoms. The number of aromatic nitrogens is 1. The molecule has 0 radical (unpaired) electrons.